The second-order valence-corrected chi connectivity index (χ2v) is 7.91. The van der Waals surface area contributed by atoms with Crippen molar-refractivity contribution in [3.8, 4) is 5.75 Å². The van der Waals surface area contributed by atoms with Crippen LogP contribution in [0.5, 0.6) is 5.75 Å². The number of carbonyl (C=O) groups is 3. The van der Waals surface area contributed by atoms with Gasteiger partial charge in [-0.25, -0.2) is 0 Å². The normalized spacial score (nSPS) is 18.6. The third-order valence-electron chi connectivity index (χ3n) is 5.97. The lowest BCUT2D eigenvalue weighted by Gasteiger charge is -2.21. The van der Waals surface area contributed by atoms with E-state index in [2.05, 4.69) is 12.2 Å². The van der Waals surface area contributed by atoms with Crippen molar-refractivity contribution in [2.45, 2.75) is 32.6 Å². The minimum atomic E-state index is -0.428. The van der Waals surface area contributed by atoms with Gasteiger partial charge in [-0.05, 0) is 36.6 Å². The molecular weight excluding hydrogens is 394 g/mol. The molecule has 0 aromatic heterocycles. The van der Waals surface area contributed by atoms with Gasteiger partial charge in [-0.15, -0.1) is 0 Å². The molecule has 7 nitrogen and oxygen atoms in total. The predicted molar refractivity (Wildman–Crippen MR) is 119 cm³/mol. The molecule has 1 atom stereocenters. The molecule has 1 N–H and O–H groups in total. The summed E-state index contributed by atoms with van der Waals surface area (Å²) in [5.41, 5.74) is 3.26. The fourth-order valence-corrected chi connectivity index (χ4v) is 4.31. The van der Waals surface area contributed by atoms with Gasteiger partial charge in [-0.3, -0.25) is 14.4 Å². The molecular formula is C24H27N3O4. The standard InChI is InChI=1S/C24H27N3O4/c1-3-16-7-4-5-8-19(16)27-15-17(13-23(27)29)24(30)25-18-10-11-20(21(14-18)31-2)26-12-6-9-22(26)28/h4-5,7-8,10-11,14,17H,3,6,9,12-13,15H2,1-2H3,(H,25,30). The monoisotopic (exact) mass is 421 g/mol. The maximum atomic E-state index is 12.9. The number of nitrogens with one attached hydrogen (secondary N) is 1. The average Bonchev–Trinajstić information content (AvgIpc) is 3.39. The molecule has 0 saturated carbocycles. The zero-order chi connectivity index (χ0) is 22.0. The molecule has 3 amide bonds. The number of methoxy groups -OCH3 is 1. The quantitative estimate of drug-likeness (QED) is 0.776. The molecule has 31 heavy (non-hydrogen) atoms. The number of benzene rings is 2. The number of rotatable bonds is 6. The SMILES string of the molecule is CCc1ccccc1N1CC(C(=O)Nc2ccc(N3CCCC3=O)c(OC)c2)CC1=O. The van der Waals surface area contributed by atoms with Crippen molar-refractivity contribution in [1.29, 1.82) is 0 Å². The molecule has 2 heterocycles. The van der Waals surface area contributed by atoms with E-state index >= 15 is 0 Å². The topological polar surface area (TPSA) is 79.0 Å². The molecule has 162 valence electrons. The highest BCUT2D eigenvalue weighted by molar-refractivity contribution is 6.04. The van der Waals surface area contributed by atoms with Crippen LogP contribution in [0.2, 0.25) is 0 Å². The van der Waals surface area contributed by atoms with Crippen LogP contribution in [0.25, 0.3) is 0 Å². The van der Waals surface area contributed by atoms with Crippen molar-refractivity contribution in [1.82, 2.24) is 0 Å². The minimum absolute atomic E-state index is 0.0403. The maximum Gasteiger partial charge on any atom is 0.229 e. The van der Waals surface area contributed by atoms with Crippen molar-refractivity contribution in [2.24, 2.45) is 5.92 Å². The Morgan fingerprint density at radius 3 is 2.61 bits per heavy atom. The lowest BCUT2D eigenvalue weighted by molar-refractivity contribution is -0.122. The van der Waals surface area contributed by atoms with E-state index in [9.17, 15) is 14.4 Å². The fourth-order valence-electron chi connectivity index (χ4n) is 4.31. The smallest absolute Gasteiger partial charge is 0.229 e. The van der Waals surface area contributed by atoms with E-state index in [4.69, 9.17) is 4.74 Å². The molecule has 2 aliphatic heterocycles. The van der Waals surface area contributed by atoms with Gasteiger partial charge in [0.05, 0.1) is 18.7 Å². The van der Waals surface area contributed by atoms with Crippen LogP contribution < -0.4 is 19.9 Å². The number of nitrogens with zero attached hydrogens (tertiary/aromatic N) is 2. The average molecular weight is 421 g/mol. The van der Waals surface area contributed by atoms with Crippen molar-refractivity contribution >= 4 is 34.8 Å². The maximum absolute atomic E-state index is 12.9. The lowest BCUT2D eigenvalue weighted by Crippen LogP contribution is -2.28. The zero-order valence-corrected chi connectivity index (χ0v) is 17.9. The molecule has 2 saturated heterocycles. The minimum Gasteiger partial charge on any atom is -0.494 e. The summed E-state index contributed by atoms with van der Waals surface area (Å²) in [6, 6.07) is 13.1. The van der Waals surface area contributed by atoms with Crippen molar-refractivity contribution < 1.29 is 19.1 Å². The zero-order valence-electron chi connectivity index (χ0n) is 17.9. The molecule has 7 heteroatoms. The largest absolute Gasteiger partial charge is 0.494 e. The molecule has 0 aliphatic carbocycles. The Morgan fingerprint density at radius 2 is 1.90 bits per heavy atom. The number of ether oxygens (including phenoxy) is 1. The Bertz CT molecular complexity index is 1020. The first-order chi connectivity index (χ1) is 15.0. The molecule has 2 fully saturated rings. The Labute approximate surface area is 182 Å². The first-order valence-electron chi connectivity index (χ1n) is 10.7. The van der Waals surface area contributed by atoms with Crippen LogP contribution in [0.1, 0.15) is 31.7 Å². The molecule has 0 spiro atoms. The van der Waals surface area contributed by atoms with Gasteiger partial charge in [0.25, 0.3) is 0 Å². The van der Waals surface area contributed by atoms with Crippen LogP contribution in [-0.4, -0.2) is 37.9 Å². The number of carbonyl (C=O) groups excluding carboxylic acids is 3. The number of aryl methyl sites for hydroxylation is 1. The van der Waals surface area contributed by atoms with Gasteiger partial charge in [0, 0.05) is 43.4 Å². The van der Waals surface area contributed by atoms with Gasteiger partial charge in [0.2, 0.25) is 17.7 Å². The number of amides is 3. The number of hydrogen-bond acceptors (Lipinski definition) is 4. The molecule has 1 unspecified atom stereocenters. The third kappa shape index (κ3) is 4.13. The number of para-hydroxylation sites is 1. The molecule has 4 rings (SSSR count). The highest BCUT2D eigenvalue weighted by atomic mass is 16.5. The summed E-state index contributed by atoms with van der Waals surface area (Å²) >= 11 is 0. The summed E-state index contributed by atoms with van der Waals surface area (Å²) in [4.78, 5) is 41.0. The second kappa shape index (κ2) is 8.79. The van der Waals surface area contributed by atoms with E-state index in [0.717, 1.165) is 24.1 Å². The van der Waals surface area contributed by atoms with E-state index in [-0.39, 0.29) is 24.1 Å². The summed E-state index contributed by atoms with van der Waals surface area (Å²) in [6.07, 6.45) is 2.37. The van der Waals surface area contributed by atoms with E-state index in [0.29, 0.717) is 36.6 Å². The van der Waals surface area contributed by atoms with Gasteiger partial charge < -0.3 is 19.9 Å². The molecule has 0 radical (unpaired) electrons. The van der Waals surface area contributed by atoms with E-state index < -0.39 is 5.92 Å². The fraction of sp³-hybridized carbons (Fsp3) is 0.375. The van der Waals surface area contributed by atoms with Gasteiger partial charge in [0.15, 0.2) is 0 Å². The number of hydrogen-bond donors (Lipinski definition) is 1. The summed E-state index contributed by atoms with van der Waals surface area (Å²) in [5, 5.41) is 2.91. The second-order valence-electron chi connectivity index (χ2n) is 7.91. The predicted octanol–water partition coefficient (Wildman–Crippen LogP) is 3.38. The van der Waals surface area contributed by atoms with Gasteiger partial charge in [-0.2, -0.15) is 0 Å². The lowest BCUT2D eigenvalue weighted by atomic mass is 10.1. The van der Waals surface area contributed by atoms with Crippen molar-refractivity contribution in [3.05, 3.63) is 48.0 Å². The van der Waals surface area contributed by atoms with Crippen molar-refractivity contribution in [2.75, 3.05) is 35.3 Å². The van der Waals surface area contributed by atoms with Crippen LogP contribution in [-0.2, 0) is 20.8 Å². The van der Waals surface area contributed by atoms with Crippen LogP contribution in [0.3, 0.4) is 0 Å². The summed E-state index contributed by atoms with van der Waals surface area (Å²) in [5.74, 6) is -0.0531. The summed E-state index contributed by atoms with van der Waals surface area (Å²) in [7, 11) is 1.55. The molecule has 2 aromatic carbocycles. The van der Waals surface area contributed by atoms with Gasteiger partial charge >= 0.3 is 0 Å². The van der Waals surface area contributed by atoms with Crippen LogP contribution in [0, 0.1) is 5.92 Å². The Morgan fingerprint density at radius 1 is 1.10 bits per heavy atom. The highest BCUT2D eigenvalue weighted by Gasteiger charge is 2.36. The number of anilines is 3. The highest BCUT2D eigenvalue weighted by Crippen LogP contribution is 2.34. The Kier molecular flexibility index (Phi) is 5.93. The van der Waals surface area contributed by atoms with Crippen LogP contribution in [0.4, 0.5) is 17.1 Å². The Hall–Kier alpha value is -3.35. The molecule has 2 aliphatic rings. The van der Waals surface area contributed by atoms with E-state index in [1.807, 2.05) is 24.3 Å². The Balaban J connectivity index is 1.47. The van der Waals surface area contributed by atoms with Gasteiger partial charge in [0.1, 0.15) is 5.75 Å². The van der Waals surface area contributed by atoms with Crippen LogP contribution >= 0.6 is 0 Å². The first-order valence-corrected chi connectivity index (χ1v) is 10.7. The van der Waals surface area contributed by atoms with Gasteiger partial charge in [-0.1, -0.05) is 25.1 Å². The van der Waals surface area contributed by atoms with Crippen molar-refractivity contribution in [3.63, 3.8) is 0 Å². The van der Waals surface area contributed by atoms with E-state index in [1.165, 1.54) is 0 Å². The molecule has 0 bridgehead atoms. The summed E-state index contributed by atoms with van der Waals surface area (Å²) < 4.78 is 5.46. The van der Waals surface area contributed by atoms with Crippen LogP contribution in [0.15, 0.2) is 42.5 Å². The summed E-state index contributed by atoms with van der Waals surface area (Å²) in [6.45, 7) is 3.08. The first kappa shape index (κ1) is 20.9. The third-order valence-corrected chi connectivity index (χ3v) is 5.97. The molecule has 2 aromatic rings. The van der Waals surface area contributed by atoms with E-state index in [1.54, 1.807) is 35.1 Å².